The van der Waals surface area contributed by atoms with Crippen molar-refractivity contribution in [2.75, 3.05) is 26.4 Å². The van der Waals surface area contributed by atoms with Crippen molar-refractivity contribution in [2.45, 2.75) is 34.3 Å². The number of hydrogen-bond acceptors (Lipinski definition) is 7. The molecule has 32 heavy (non-hydrogen) atoms. The summed E-state index contributed by atoms with van der Waals surface area (Å²) in [6, 6.07) is 16.9. The van der Waals surface area contributed by atoms with E-state index in [9.17, 15) is 9.13 Å². The Morgan fingerprint density at radius 1 is 0.719 bits per heavy atom. The van der Waals surface area contributed by atoms with Crippen LogP contribution >= 0.6 is 15.2 Å². The van der Waals surface area contributed by atoms with Crippen LogP contribution in [0.15, 0.2) is 59.7 Å². The van der Waals surface area contributed by atoms with Gasteiger partial charge in [-0.15, -0.1) is 0 Å². The summed E-state index contributed by atoms with van der Waals surface area (Å²) in [6.07, 6.45) is 1.50. The van der Waals surface area contributed by atoms with E-state index >= 15 is 0 Å². The van der Waals surface area contributed by atoms with Gasteiger partial charge in [0.15, 0.2) is 5.06 Å². The van der Waals surface area contributed by atoms with Gasteiger partial charge in [0.05, 0.1) is 26.4 Å². The van der Waals surface area contributed by atoms with E-state index in [1.807, 2.05) is 30.3 Å². The lowest BCUT2D eigenvalue weighted by Crippen LogP contribution is -2.05. The lowest BCUT2D eigenvalue weighted by molar-refractivity contribution is 0.214. The molecule has 0 saturated carbocycles. The van der Waals surface area contributed by atoms with Crippen LogP contribution in [0, 0.1) is 0 Å². The minimum atomic E-state index is -3.92. The van der Waals surface area contributed by atoms with Gasteiger partial charge in [0.2, 0.25) is 0 Å². The maximum absolute atomic E-state index is 13.6. The fraction of sp³-hybridized carbons (Fsp3) is 0.391. The van der Waals surface area contributed by atoms with E-state index in [2.05, 4.69) is 0 Å². The third-order valence-corrected chi connectivity index (χ3v) is 9.42. The highest BCUT2D eigenvalue weighted by Crippen LogP contribution is 2.74. The molecule has 0 fully saturated rings. The largest absolute Gasteiger partial charge is 0.489 e. The third kappa shape index (κ3) is 7.41. The standard InChI is InChI=1S/C23H32O7P2/c1-5-27-31(24,28-6-2)23(32(25,29-7-3)30-8-4)18-20-14-16-22(17-15-20)26-19-21-12-10-9-11-13-21/h9-18H,5-8,19H2,1-4H3. The molecule has 0 spiro atoms. The Hall–Kier alpha value is -1.72. The van der Waals surface area contributed by atoms with Gasteiger partial charge in [-0.3, -0.25) is 9.13 Å². The molecule has 0 amide bonds. The van der Waals surface area contributed by atoms with E-state index in [1.165, 1.54) is 6.08 Å². The minimum absolute atomic E-state index is 0.110. The molecule has 0 bridgehead atoms. The molecule has 0 aliphatic carbocycles. The molecule has 0 atom stereocenters. The topological polar surface area (TPSA) is 80.3 Å². The summed E-state index contributed by atoms with van der Waals surface area (Å²) in [5.41, 5.74) is 1.69. The summed E-state index contributed by atoms with van der Waals surface area (Å²) in [6.45, 7) is 7.64. The zero-order valence-electron chi connectivity index (χ0n) is 19.1. The molecule has 2 rings (SSSR count). The van der Waals surface area contributed by atoms with Crippen LogP contribution in [0.1, 0.15) is 38.8 Å². The van der Waals surface area contributed by atoms with Gasteiger partial charge >= 0.3 is 15.2 Å². The van der Waals surface area contributed by atoms with Crippen molar-refractivity contribution in [2.24, 2.45) is 0 Å². The molecule has 0 saturated heterocycles. The highest BCUT2D eigenvalue weighted by atomic mass is 31.2. The monoisotopic (exact) mass is 482 g/mol. The lowest BCUT2D eigenvalue weighted by atomic mass is 10.2. The molecule has 2 aromatic rings. The summed E-state index contributed by atoms with van der Waals surface area (Å²) in [5.74, 6) is 0.670. The number of hydrogen-bond donors (Lipinski definition) is 0. The normalized spacial score (nSPS) is 11.9. The molecule has 2 aromatic carbocycles. The van der Waals surface area contributed by atoms with Crippen molar-refractivity contribution >= 4 is 21.3 Å². The Morgan fingerprint density at radius 3 is 1.62 bits per heavy atom. The molecular formula is C23H32O7P2. The van der Waals surface area contributed by atoms with Gasteiger partial charge in [-0.05, 0) is 57.0 Å². The maximum Gasteiger partial charge on any atom is 0.369 e. The summed E-state index contributed by atoms with van der Waals surface area (Å²) in [5, 5.41) is -0.115. The summed E-state index contributed by atoms with van der Waals surface area (Å²) in [7, 11) is -7.85. The van der Waals surface area contributed by atoms with Crippen LogP contribution in [0.3, 0.4) is 0 Å². The maximum atomic E-state index is 13.6. The summed E-state index contributed by atoms with van der Waals surface area (Å²) in [4.78, 5) is 0. The zero-order chi connectivity index (χ0) is 23.5. The van der Waals surface area contributed by atoms with E-state index in [0.717, 1.165) is 5.56 Å². The Balaban J connectivity index is 2.38. The van der Waals surface area contributed by atoms with Gasteiger partial charge in [0.1, 0.15) is 12.4 Å². The Bertz CT molecular complexity index is 891. The SMILES string of the molecule is CCOP(=O)(OCC)C(=Cc1ccc(OCc2ccccc2)cc1)P(=O)(OCC)OCC. The van der Waals surface area contributed by atoms with Crippen molar-refractivity contribution in [1.82, 2.24) is 0 Å². The van der Waals surface area contributed by atoms with Crippen molar-refractivity contribution in [1.29, 1.82) is 0 Å². The van der Waals surface area contributed by atoms with E-state index in [0.29, 0.717) is 17.9 Å². The molecule has 0 radical (unpaired) electrons. The lowest BCUT2D eigenvalue weighted by Gasteiger charge is -2.25. The molecule has 7 nitrogen and oxygen atoms in total. The molecule has 0 N–H and O–H groups in total. The van der Waals surface area contributed by atoms with Crippen molar-refractivity contribution < 1.29 is 32.0 Å². The number of benzene rings is 2. The Morgan fingerprint density at radius 2 is 1.19 bits per heavy atom. The highest BCUT2D eigenvalue weighted by Gasteiger charge is 2.45. The van der Waals surface area contributed by atoms with Crippen LogP contribution < -0.4 is 4.74 Å². The Kier molecular flexibility index (Phi) is 10.9. The smallest absolute Gasteiger partial charge is 0.369 e. The number of rotatable bonds is 14. The molecular weight excluding hydrogens is 450 g/mol. The molecule has 0 unspecified atom stereocenters. The van der Waals surface area contributed by atoms with Crippen LogP contribution in [-0.2, 0) is 33.8 Å². The average Bonchev–Trinajstić information content (AvgIpc) is 2.78. The zero-order valence-corrected chi connectivity index (χ0v) is 20.9. The van der Waals surface area contributed by atoms with Crippen LogP contribution in [0.25, 0.3) is 6.08 Å². The quantitative estimate of drug-likeness (QED) is 0.266. The van der Waals surface area contributed by atoms with Gasteiger partial charge in [-0.25, -0.2) is 0 Å². The van der Waals surface area contributed by atoms with E-state index < -0.39 is 15.2 Å². The van der Waals surface area contributed by atoms with Crippen LogP contribution in [0.4, 0.5) is 0 Å². The average molecular weight is 482 g/mol. The second-order valence-electron chi connectivity index (χ2n) is 6.51. The first-order valence-electron chi connectivity index (χ1n) is 10.7. The first-order valence-corrected chi connectivity index (χ1v) is 13.8. The van der Waals surface area contributed by atoms with Crippen molar-refractivity contribution in [3.05, 3.63) is 70.8 Å². The van der Waals surface area contributed by atoms with Crippen LogP contribution in [0.2, 0.25) is 0 Å². The molecule has 0 aliphatic rings. The fourth-order valence-electron chi connectivity index (χ4n) is 2.88. The van der Waals surface area contributed by atoms with Crippen molar-refractivity contribution in [3.63, 3.8) is 0 Å². The third-order valence-electron chi connectivity index (χ3n) is 4.18. The second kappa shape index (κ2) is 13.1. The molecule has 176 valence electrons. The Labute approximate surface area is 190 Å². The van der Waals surface area contributed by atoms with E-state index in [-0.39, 0.29) is 31.5 Å². The van der Waals surface area contributed by atoms with Gasteiger partial charge in [0, 0.05) is 0 Å². The minimum Gasteiger partial charge on any atom is -0.489 e. The van der Waals surface area contributed by atoms with E-state index in [1.54, 1.807) is 52.0 Å². The summed E-state index contributed by atoms with van der Waals surface area (Å²) < 4.78 is 54.8. The van der Waals surface area contributed by atoms with Gasteiger partial charge < -0.3 is 22.8 Å². The molecule has 0 aliphatic heterocycles. The summed E-state index contributed by atoms with van der Waals surface area (Å²) >= 11 is 0. The highest BCUT2D eigenvalue weighted by molar-refractivity contribution is 7.79. The number of ether oxygens (including phenoxy) is 1. The predicted octanol–water partition coefficient (Wildman–Crippen LogP) is 7.10. The first kappa shape index (κ1) is 26.5. The predicted molar refractivity (Wildman–Crippen MR) is 127 cm³/mol. The second-order valence-corrected chi connectivity index (χ2v) is 10.9. The molecule has 9 heteroatoms. The molecule has 0 aromatic heterocycles. The van der Waals surface area contributed by atoms with Crippen molar-refractivity contribution in [3.8, 4) is 5.75 Å². The fourth-order valence-corrected chi connectivity index (χ4v) is 7.42. The van der Waals surface area contributed by atoms with Gasteiger partial charge in [-0.2, -0.15) is 0 Å². The van der Waals surface area contributed by atoms with Gasteiger partial charge in [-0.1, -0.05) is 42.5 Å². The van der Waals surface area contributed by atoms with Crippen LogP contribution in [-0.4, -0.2) is 26.4 Å². The van der Waals surface area contributed by atoms with Crippen LogP contribution in [0.5, 0.6) is 5.75 Å². The van der Waals surface area contributed by atoms with Gasteiger partial charge in [0.25, 0.3) is 0 Å². The molecule has 0 heterocycles. The first-order chi connectivity index (χ1) is 15.4. The van der Waals surface area contributed by atoms with E-state index in [4.69, 9.17) is 22.8 Å².